The molecule has 1 N–H and O–H groups in total. The number of rotatable bonds is 6. The van der Waals surface area contributed by atoms with Gasteiger partial charge in [-0.15, -0.1) is 0 Å². The average Bonchev–Trinajstić information content (AvgIpc) is 3.10. The summed E-state index contributed by atoms with van der Waals surface area (Å²) in [7, 11) is 0. The maximum Gasteiger partial charge on any atom is 0.271 e. The van der Waals surface area contributed by atoms with Gasteiger partial charge in [-0.1, -0.05) is 19.9 Å². The quantitative estimate of drug-likeness (QED) is 0.849. The Balaban J connectivity index is 1.65. The number of nitrogens with zero attached hydrogens (tertiary/aromatic N) is 4. The minimum Gasteiger partial charge on any atom is -0.347 e. The molecule has 2 amide bonds. The Labute approximate surface area is 159 Å². The molecule has 7 heteroatoms. The van der Waals surface area contributed by atoms with Crippen molar-refractivity contribution in [2.45, 2.75) is 52.7 Å². The van der Waals surface area contributed by atoms with Gasteiger partial charge in [0.1, 0.15) is 11.5 Å². The summed E-state index contributed by atoms with van der Waals surface area (Å²) in [6, 6.07) is 3.62. The van der Waals surface area contributed by atoms with E-state index in [0.717, 1.165) is 17.8 Å². The van der Waals surface area contributed by atoms with Crippen LogP contribution in [0, 0.1) is 5.92 Å². The number of aromatic nitrogens is 3. The summed E-state index contributed by atoms with van der Waals surface area (Å²) < 4.78 is 1.98. The molecule has 0 fully saturated rings. The monoisotopic (exact) mass is 369 g/mol. The molecule has 1 atom stereocenters. The van der Waals surface area contributed by atoms with E-state index in [-0.39, 0.29) is 17.9 Å². The van der Waals surface area contributed by atoms with Gasteiger partial charge in [0.2, 0.25) is 5.91 Å². The van der Waals surface area contributed by atoms with E-state index in [9.17, 15) is 9.59 Å². The predicted molar refractivity (Wildman–Crippen MR) is 102 cm³/mol. The highest BCUT2D eigenvalue weighted by atomic mass is 16.2. The molecule has 2 aromatic heterocycles. The van der Waals surface area contributed by atoms with Gasteiger partial charge in [-0.25, -0.2) is 4.98 Å². The van der Waals surface area contributed by atoms with Gasteiger partial charge in [0.25, 0.3) is 5.91 Å². The molecule has 1 aliphatic heterocycles. The molecule has 3 rings (SSSR count). The van der Waals surface area contributed by atoms with Crippen LogP contribution >= 0.6 is 0 Å². The smallest absolute Gasteiger partial charge is 0.271 e. The van der Waals surface area contributed by atoms with Gasteiger partial charge in [-0.3, -0.25) is 14.6 Å². The molecule has 27 heavy (non-hydrogen) atoms. The third kappa shape index (κ3) is 4.53. The van der Waals surface area contributed by atoms with Crippen molar-refractivity contribution in [1.82, 2.24) is 24.8 Å². The number of amides is 2. The van der Waals surface area contributed by atoms with Crippen LogP contribution in [0.4, 0.5) is 0 Å². The Morgan fingerprint density at radius 2 is 2.15 bits per heavy atom. The predicted octanol–water partition coefficient (Wildman–Crippen LogP) is 2.55. The van der Waals surface area contributed by atoms with Crippen LogP contribution in [0.15, 0.2) is 30.7 Å². The standard InChI is InChI=1S/C20H27N5O2/c1-14(2)6-7-18(26)25-10-9-24-13-17(23-19(24)15(25)3)20(27)22-12-16-5-4-8-21-11-16/h4-5,8,11,13-15H,6-7,9-10,12H2,1-3H3,(H,22,27)/t15-/m1/s1. The van der Waals surface area contributed by atoms with Crippen LogP contribution in [-0.4, -0.2) is 37.8 Å². The van der Waals surface area contributed by atoms with E-state index in [1.165, 1.54) is 0 Å². The summed E-state index contributed by atoms with van der Waals surface area (Å²) in [4.78, 5) is 35.4. The molecule has 0 saturated heterocycles. The first kappa shape index (κ1) is 19.1. The van der Waals surface area contributed by atoms with Crippen molar-refractivity contribution in [3.05, 3.63) is 47.8 Å². The fourth-order valence-corrected chi connectivity index (χ4v) is 3.27. The maximum atomic E-state index is 12.5. The number of hydrogen-bond donors (Lipinski definition) is 1. The molecule has 0 aromatic carbocycles. The van der Waals surface area contributed by atoms with Crippen molar-refractivity contribution in [1.29, 1.82) is 0 Å². The molecule has 144 valence electrons. The number of nitrogens with one attached hydrogen (secondary N) is 1. The normalized spacial score (nSPS) is 16.3. The zero-order chi connectivity index (χ0) is 19.4. The van der Waals surface area contributed by atoms with Gasteiger partial charge in [-0.2, -0.15) is 0 Å². The molecule has 0 unspecified atom stereocenters. The Hall–Kier alpha value is -2.70. The van der Waals surface area contributed by atoms with E-state index in [4.69, 9.17) is 0 Å². The minimum atomic E-state index is -0.217. The largest absolute Gasteiger partial charge is 0.347 e. The minimum absolute atomic E-state index is 0.127. The number of carbonyl (C=O) groups excluding carboxylic acids is 2. The van der Waals surface area contributed by atoms with E-state index in [1.807, 2.05) is 28.5 Å². The lowest BCUT2D eigenvalue weighted by Crippen LogP contribution is -2.41. The first-order chi connectivity index (χ1) is 13.0. The van der Waals surface area contributed by atoms with Gasteiger partial charge in [0, 0.05) is 44.6 Å². The Kier molecular flexibility index (Phi) is 5.88. The van der Waals surface area contributed by atoms with E-state index >= 15 is 0 Å². The number of pyridine rings is 1. The summed E-state index contributed by atoms with van der Waals surface area (Å²) in [5.74, 6) is 1.22. The van der Waals surface area contributed by atoms with Crippen molar-refractivity contribution in [3.8, 4) is 0 Å². The highest BCUT2D eigenvalue weighted by Crippen LogP contribution is 2.26. The summed E-state index contributed by atoms with van der Waals surface area (Å²) in [5.41, 5.74) is 1.32. The van der Waals surface area contributed by atoms with Crippen molar-refractivity contribution in [3.63, 3.8) is 0 Å². The van der Waals surface area contributed by atoms with Crippen LogP contribution in [0.1, 0.15) is 61.5 Å². The van der Waals surface area contributed by atoms with Crippen LogP contribution < -0.4 is 5.32 Å². The van der Waals surface area contributed by atoms with E-state index < -0.39 is 0 Å². The number of imidazole rings is 1. The highest BCUT2D eigenvalue weighted by Gasteiger charge is 2.30. The Morgan fingerprint density at radius 3 is 2.85 bits per heavy atom. The molecule has 3 heterocycles. The second-order valence-corrected chi connectivity index (χ2v) is 7.42. The van der Waals surface area contributed by atoms with Crippen LogP contribution in [-0.2, 0) is 17.9 Å². The molecule has 0 spiro atoms. The third-order valence-electron chi connectivity index (χ3n) is 4.89. The van der Waals surface area contributed by atoms with Crippen molar-refractivity contribution in [2.75, 3.05) is 6.54 Å². The van der Waals surface area contributed by atoms with E-state index in [2.05, 4.69) is 29.1 Å². The second kappa shape index (κ2) is 8.33. The lowest BCUT2D eigenvalue weighted by atomic mass is 10.1. The lowest BCUT2D eigenvalue weighted by Gasteiger charge is -2.34. The Bertz CT molecular complexity index is 800. The maximum absolute atomic E-state index is 12.5. The topological polar surface area (TPSA) is 80.1 Å². The van der Waals surface area contributed by atoms with E-state index in [0.29, 0.717) is 37.7 Å². The molecule has 7 nitrogen and oxygen atoms in total. The summed E-state index contributed by atoms with van der Waals surface area (Å²) in [6.07, 6.45) is 6.64. The highest BCUT2D eigenvalue weighted by molar-refractivity contribution is 5.92. The fraction of sp³-hybridized carbons (Fsp3) is 0.500. The summed E-state index contributed by atoms with van der Waals surface area (Å²) in [5, 5.41) is 2.87. The van der Waals surface area contributed by atoms with Gasteiger partial charge < -0.3 is 14.8 Å². The molecule has 0 saturated carbocycles. The van der Waals surface area contributed by atoms with Gasteiger partial charge >= 0.3 is 0 Å². The van der Waals surface area contributed by atoms with Crippen molar-refractivity contribution in [2.24, 2.45) is 5.92 Å². The zero-order valence-electron chi connectivity index (χ0n) is 16.2. The zero-order valence-corrected chi connectivity index (χ0v) is 16.2. The molecule has 1 aliphatic rings. The average molecular weight is 369 g/mol. The molecule has 0 aliphatic carbocycles. The van der Waals surface area contributed by atoms with Crippen molar-refractivity contribution >= 4 is 11.8 Å². The lowest BCUT2D eigenvalue weighted by molar-refractivity contribution is -0.134. The Morgan fingerprint density at radius 1 is 1.33 bits per heavy atom. The number of fused-ring (bicyclic) bond motifs is 1. The first-order valence-electron chi connectivity index (χ1n) is 9.49. The van der Waals surface area contributed by atoms with E-state index in [1.54, 1.807) is 18.6 Å². The molecule has 0 bridgehead atoms. The molecule has 2 aromatic rings. The van der Waals surface area contributed by atoms with Crippen LogP contribution in [0.3, 0.4) is 0 Å². The number of carbonyl (C=O) groups is 2. The molecule has 0 radical (unpaired) electrons. The fourth-order valence-electron chi connectivity index (χ4n) is 3.27. The summed E-state index contributed by atoms with van der Waals surface area (Å²) in [6.45, 7) is 7.94. The molecular weight excluding hydrogens is 342 g/mol. The van der Waals surface area contributed by atoms with Crippen LogP contribution in [0.25, 0.3) is 0 Å². The van der Waals surface area contributed by atoms with Crippen molar-refractivity contribution < 1.29 is 9.59 Å². The number of hydrogen-bond acceptors (Lipinski definition) is 4. The van der Waals surface area contributed by atoms with Gasteiger partial charge in [-0.05, 0) is 30.9 Å². The van der Waals surface area contributed by atoms with Crippen LogP contribution in [0.5, 0.6) is 0 Å². The SMILES string of the molecule is CC(C)CCC(=O)N1CCn2cc(C(=O)NCc3cccnc3)nc2[C@H]1C. The van der Waals surface area contributed by atoms with Gasteiger partial charge in [0.05, 0.1) is 6.04 Å². The molecular formula is C20H27N5O2. The van der Waals surface area contributed by atoms with Crippen LogP contribution in [0.2, 0.25) is 0 Å². The summed E-state index contributed by atoms with van der Waals surface area (Å²) >= 11 is 0. The second-order valence-electron chi connectivity index (χ2n) is 7.42. The first-order valence-corrected chi connectivity index (χ1v) is 9.49. The van der Waals surface area contributed by atoms with Gasteiger partial charge in [0.15, 0.2) is 0 Å². The third-order valence-corrected chi connectivity index (χ3v) is 4.89.